The Morgan fingerprint density at radius 2 is 1.88 bits per heavy atom. The zero-order valence-corrected chi connectivity index (χ0v) is 11.3. The maximum absolute atomic E-state index is 5.83. The first-order valence-corrected chi connectivity index (χ1v) is 6.71. The molecule has 0 aliphatic heterocycles. The number of nitrogens with two attached hydrogens (primary N) is 1. The first-order chi connectivity index (χ1) is 7.63. The van der Waals surface area contributed by atoms with Gasteiger partial charge in [0.05, 0.1) is 0 Å². The molecular formula is C13H22N2S. The number of hydrogen-bond donors (Lipinski definition) is 1. The van der Waals surface area contributed by atoms with E-state index in [0.717, 1.165) is 12.3 Å². The molecule has 0 amide bonds. The van der Waals surface area contributed by atoms with E-state index in [0.29, 0.717) is 11.8 Å². The number of benzene rings is 1. The Bertz CT molecular complexity index is 295. The van der Waals surface area contributed by atoms with Crippen LogP contribution >= 0.6 is 11.8 Å². The van der Waals surface area contributed by atoms with E-state index in [4.69, 9.17) is 5.73 Å². The molecule has 0 aliphatic carbocycles. The van der Waals surface area contributed by atoms with Gasteiger partial charge in [0, 0.05) is 24.1 Å². The fourth-order valence-electron chi connectivity index (χ4n) is 1.46. The highest BCUT2D eigenvalue weighted by molar-refractivity contribution is 7.99. The summed E-state index contributed by atoms with van der Waals surface area (Å²) in [7, 11) is 4.20. The van der Waals surface area contributed by atoms with E-state index in [9.17, 15) is 0 Å². The average molecular weight is 238 g/mol. The lowest BCUT2D eigenvalue weighted by Gasteiger charge is -2.16. The van der Waals surface area contributed by atoms with Crippen molar-refractivity contribution in [3.05, 3.63) is 35.4 Å². The second kappa shape index (κ2) is 6.94. The molecule has 1 unspecified atom stereocenters. The van der Waals surface area contributed by atoms with Crippen LogP contribution in [0, 0.1) is 6.92 Å². The lowest BCUT2D eigenvalue weighted by molar-refractivity contribution is 0.437. The van der Waals surface area contributed by atoms with Crippen LogP contribution in [0.25, 0.3) is 0 Å². The Hall–Kier alpha value is -0.510. The summed E-state index contributed by atoms with van der Waals surface area (Å²) < 4.78 is 0. The quantitative estimate of drug-likeness (QED) is 0.824. The molecule has 0 spiro atoms. The van der Waals surface area contributed by atoms with Crippen LogP contribution in [-0.4, -0.2) is 37.8 Å². The normalized spacial score (nSPS) is 13.1. The SMILES string of the molecule is Cc1ccc(C(CN)SCCN(C)C)cc1. The lowest BCUT2D eigenvalue weighted by Crippen LogP contribution is -2.17. The van der Waals surface area contributed by atoms with Gasteiger partial charge in [0.2, 0.25) is 0 Å². The van der Waals surface area contributed by atoms with Gasteiger partial charge in [-0.2, -0.15) is 11.8 Å². The van der Waals surface area contributed by atoms with Gasteiger partial charge in [0.15, 0.2) is 0 Å². The predicted octanol–water partition coefficient (Wildman–Crippen LogP) is 2.29. The molecule has 0 heterocycles. The average Bonchev–Trinajstić information content (AvgIpc) is 2.26. The van der Waals surface area contributed by atoms with E-state index in [1.54, 1.807) is 0 Å². The van der Waals surface area contributed by atoms with Gasteiger partial charge in [-0.25, -0.2) is 0 Å². The molecular weight excluding hydrogens is 216 g/mol. The van der Waals surface area contributed by atoms with Gasteiger partial charge in [0.25, 0.3) is 0 Å². The first kappa shape index (κ1) is 13.6. The Morgan fingerprint density at radius 1 is 1.25 bits per heavy atom. The molecule has 0 aliphatic rings. The van der Waals surface area contributed by atoms with Crippen LogP contribution in [0.2, 0.25) is 0 Å². The van der Waals surface area contributed by atoms with Gasteiger partial charge < -0.3 is 10.6 Å². The minimum atomic E-state index is 0.431. The second-order valence-electron chi connectivity index (χ2n) is 4.31. The van der Waals surface area contributed by atoms with Crippen molar-refractivity contribution < 1.29 is 0 Å². The van der Waals surface area contributed by atoms with Crippen molar-refractivity contribution in [1.82, 2.24) is 4.90 Å². The zero-order valence-electron chi connectivity index (χ0n) is 10.4. The van der Waals surface area contributed by atoms with Crippen LogP contribution in [0.5, 0.6) is 0 Å². The van der Waals surface area contributed by atoms with E-state index >= 15 is 0 Å². The van der Waals surface area contributed by atoms with Crippen LogP contribution in [0.3, 0.4) is 0 Å². The predicted molar refractivity (Wildman–Crippen MR) is 74.0 cm³/mol. The van der Waals surface area contributed by atoms with Gasteiger partial charge in [0.1, 0.15) is 0 Å². The molecule has 1 rings (SSSR count). The van der Waals surface area contributed by atoms with Gasteiger partial charge in [-0.05, 0) is 26.6 Å². The maximum Gasteiger partial charge on any atom is 0.0420 e. The molecule has 16 heavy (non-hydrogen) atoms. The van der Waals surface area contributed by atoms with E-state index in [2.05, 4.69) is 50.2 Å². The highest BCUT2D eigenvalue weighted by Crippen LogP contribution is 2.27. The molecule has 3 heteroatoms. The largest absolute Gasteiger partial charge is 0.329 e. The minimum Gasteiger partial charge on any atom is -0.329 e. The van der Waals surface area contributed by atoms with Crippen molar-refractivity contribution in [2.75, 3.05) is 32.9 Å². The summed E-state index contributed by atoms with van der Waals surface area (Å²) in [6.07, 6.45) is 0. The van der Waals surface area contributed by atoms with Crippen LogP contribution in [0.4, 0.5) is 0 Å². The minimum absolute atomic E-state index is 0.431. The summed E-state index contributed by atoms with van der Waals surface area (Å²) in [6.45, 7) is 3.93. The Balaban J connectivity index is 2.50. The van der Waals surface area contributed by atoms with Gasteiger partial charge in [-0.1, -0.05) is 29.8 Å². The standard InChI is InChI=1S/C13H22N2S/c1-11-4-6-12(7-5-11)13(10-14)16-9-8-15(2)3/h4-7,13H,8-10,14H2,1-3H3. The molecule has 0 bridgehead atoms. The van der Waals surface area contributed by atoms with E-state index < -0.39 is 0 Å². The van der Waals surface area contributed by atoms with Crippen LogP contribution in [-0.2, 0) is 0 Å². The third kappa shape index (κ3) is 4.56. The van der Waals surface area contributed by atoms with Crippen molar-refractivity contribution >= 4 is 11.8 Å². The Morgan fingerprint density at radius 3 is 2.38 bits per heavy atom. The summed E-state index contributed by atoms with van der Waals surface area (Å²) in [4.78, 5) is 2.20. The van der Waals surface area contributed by atoms with E-state index in [1.165, 1.54) is 11.1 Å². The van der Waals surface area contributed by atoms with Crippen molar-refractivity contribution in [2.24, 2.45) is 5.73 Å². The molecule has 0 fully saturated rings. The molecule has 0 aromatic heterocycles. The third-order valence-electron chi connectivity index (χ3n) is 2.52. The smallest absolute Gasteiger partial charge is 0.0420 e. The van der Waals surface area contributed by atoms with Gasteiger partial charge in [-0.3, -0.25) is 0 Å². The van der Waals surface area contributed by atoms with Crippen molar-refractivity contribution in [3.8, 4) is 0 Å². The highest BCUT2D eigenvalue weighted by Gasteiger charge is 2.09. The monoisotopic (exact) mass is 238 g/mol. The number of thioether (sulfide) groups is 1. The van der Waals surface area contributed by atoms with Crippen molar-refractivity contribution in [2.45, 2.75) is 12.2 Å². The molecule has 1 atom stereocenters. The van der Waals surface area contributed by atoms with E-state index in [1.807, 2.05) is 11.8 Å². The molecule has 2 N–H and O–H groups in total. The Kier molecular flexibility index (Phi) is 5.88. The lowest BCUT2D eigenvalue weighted by atomic mass is 10.1. The van der Waals surface area contributed by atoms with Gasteiger partial charge in [-0.15, -0.1) is 0 Å². The van der Waals surface area contributed by atoms with Crippen molar-refractivity contribution in [3.63, 3.8) is 0 Å². The van der Waals surface area contributed by atoms with Crippen LogP contribution in [0.15, 0.2) is 24.3 Å². The third-order valence-corrected chi connectivity index (χ3v) is 3.81. The second-order valence-corrected chi connectivity index (χ2v) is 5.62. The topological polar surface area (TPSA) is 29.3 Å². The summed E-state index contributed by atoms with van der Waals surface area (Å²) in [5.41, 5.74) is 8.47. The fourth-order valence-corrected chi connectivity index (χ4v) is 2.70. The summed E-state index contributed by atoms with van der Waals surface area (Å²) >= 11 is 1.94. The number of hydrogen-bond acceptors (Lipinski definition) is 3. The summed E-state index contributed by atoms with van der Waals surface area (Å²) in [5, 5.41) is 0.431. The molecule has 2 nitrogen and oxygen atoms in total. The maximum atomic E-state index is 5.83. The van der Waals surface area contributed by atoms with Gasteiger partial charge >= 0.3 is 0 Å². The zero-order chi connectivity index (χ0) is 12.0. The summed E-state index contributed by atoms with van der Waals surface area (Å²) in [5.74, 6) is 1.13. The van der Waals surface area contributed by atoms with Crippen molar-refractivity contribution in [1.29, 1.82) is 0 Å². The molecule has 1 aromatic carbocycles. The molecule has 0 saturated carbocycles. The number of aryl methyl sites for hydroxylation is 1. The molecule has 90 valence electrons. The highest BCUT2D eigenvalue weighted by atomic mass is 32.2. The number of rotatable bonds is 6. The molecule has 0 radical (unpaired) electrons. The first-order valence-electron chi connectivity index (χ1n) is 5.66. The number of nitrogens with zero attached hydrogens (tertiary/aromatic N) is 1. The molecule has 0 saturated heterocycles. The fraction of sp³-hybridized carbons (Fsp3) is 0.538. The van der Waals surface area contributed by atoms with E-state index in [-0.39, 0.29) is 0 Å². The van der Waals surface area contributed by atoms with Crippen LogP contribution < -0.4 is 5.73 Å². The molecule has 1 aromatic rings. The summed E-state index contributed by atoms with van der Waals surface area (Å²) in [6, 6.07) is 8.69. The van der Waals surface area contributed by atoms with Crippen LogP contribution in [0.1, 0.15) is 16.4 Å². The Labute approximate surface area is 103 Å².